The molecule has 0 aromatic heterocycles. The van der Waals surface area contributed by atoms with E-state index in [4.69, 9.17) is 5.73 Å². The molecule has 0 heterocycles. The fourth-order valence-electron chi connectivity index (χ4n) is 2.57. The minimum absolute atomic E-state index is 0.150. The number of hydrogen-bond acceptors (Lipinski definition) is 4. The standard InChI is InChI=1S/C14H22N2O3S/c15-12-7-5-4-6-11(12)10-20(18,19)16-13-8-2-1-3-9-14(13)17/h4-7,13-14,16-17H,1-3,8-10,15H2. The van der Waals surface area contributed by atoms with E-state index >= 15 is 0 Å². The number of para-hydroxylation sites is 1. The van der Waals surface area contributed by atoms with Gasteiger partial charge < -0.3 is 10.8 Å². The fourth-order valence-corrected chi connectivity index (χ4v) is 4.06. The Labute approximate surface area is 120 Å². The summed E-state index contributed by atoms with van der Waals surface area (Å²) < 4.78 is 27.0. The van der Waals surface area contributed by atoms with Crippen LogP contribution in [-0.4, -0.2) is 25.7 Å². The number of aliphatic hydroxyl groups is 1. The largest absolute Gasteiger partial charge is 0.398 e. The molecule has 1 fully saturated rings. The first-order valence-corrected chi connectivity index (χ1v) is 8.64. The number of nitrogens with two attached hydrogens (primary N) is 1. The Balaban J connectivity index is 2.05. The van der Waals surface area contributed by atoms with Gasteiger partial charge in [-0.25, -0.2) is 13.1 Å². The molecule has 6 heteroatoms. The van der Waals surface area contributed by atoms with Crippen molar-refractivity contribution in [3.8, 4) is 0 Å². The minimum atomic E-state index is -3.50. The topological polar surface area (TPSA) is 92.4 Å². The molecule has 0 bridgehead atoms. The zero-order valence-corrected chi connectivity index (χ0v) is 12.3. The lowest BCUT2D eigenvalue weighted by Gasteiger charge is -2.21. The van der Waals surface area contributed by atoms with Crippen molar-refractivity contribution in [1.82, 2.24) is 4.72 Å². The lowest BCUT2D eigenvalue weighted by molar-refractivity contribution is 0.130. The summed E-state index contributed by atoms with van der Waals surface area (Å²) in [7, 11) is -3.50. The Bertz CT molecular complexity index is 545. The van der Waals surface area contributed by atoms with Crippen molar-refractivity contribution in [2.45, 2.75) is 50.0 Å². The molecular formula is C14H22N2O3S. The Morgan fingerprint density at radius 1 is 1.20 bits per heavy atom. The van der Waals surface area contributed by atoms with Crippen molar-refractivity contribution < 1.29 is 13.5 Å². The number of anilines is 1. The Morgan fingerprint density at radius 3 is 2.65 bits per heavy atom. The van der Waals surface area contributed by atoms with Crippen LogP contribution < -0.4 is 10.5 Å². The van der Waals surface area contributed by atoms with E-state index in [1.165, 1.54) is 0 Å². The van der Waals surface area contributed by atoms with Gasteiger partial charge in [0.25, 0.3) is 0 Å². The molecule has 2 atom stereocenters. The Kier molecular flexibility index (Phi) is 5.01. The lowest BCUT2D eigenvalue weighted by Crippen LogP contribution is -2.43. The summed E-state index contributed by atoms with van der Waals surface area (Å²) in [5.41, 5.74) is 6.83. The first-order chi connectivity index (χ1) is 9.48. The monoisotopic (exact) mass is 298 g/mol. The number of rotatable bonds is 4. The molecule has 0 saturated heterocycles. The number of nitrogens with one attached hydrogen (secondary N) is 1. The molecule has 1 saturated carbocycles. The molecule has 0 radical (unpaired) electrons. The molecule has 1 aliphatic rings. The Hall–Kier alpha value is -1.11. The zero-order valence-electron chi connectivity index (χ0n) is 11.5. The van der Waals surface area contributed by atoms with Crippen LogP contribution in [0.3, 0.4) is 0 Å². The van der Waals surface area contributed by atoms with E-state index in [-0.39, 0.29) is 11.8 Å². The van der Waals surface area contributed by atoms with Crippen molar-refractivity contribution in [1.29, 1.82) is 0 Å². The van der Waals surface area contributed by atoms with Crippen LogP contribution in [0.2, 0.25) is 0 Å². The SMILES string of the molecule is Nc1ccccc1CS(=O)(=O)NC1CCCCCC1O. The number of aliphatic hydroxyl groups excluding tert-OH is 1. The normalized spacial score (nSPS) is 24.2. The van der Waals surface area contributed by atoms with Gasteiger partial charge in [0.1, 0.15) is 0 Å². The lowest BCUT2D eigenvalue weighted by atomic mass is 10.1. The van der Waals surface area contributed by atoms with Gasteiger partial charge in [-0.2, -0.15) is 0 Å². The van der Waals surface area contributed by atoms with E-state index in [2.05, 4.69) is 4.72 Å². The summed E-state index contributed by atoms with van der Waals surface area (Å²) in [5.74, 6) is -0.150. The average Bonchev–Trinajstić information content (AvgIpc) is 2.57. The molecule has 1 aliphatic carbocycles. The second-order valence-electron chi connectivity index (χ2n) is 5.39. The van der Waals surface area contributed by atoms with Crippen LogP contribution in [0.25, 0.3) is 0 Å². The second-order valence-corrected chi connectivity index (χ2v) is 7.14. The molecule has 2 unspecified atom stereocenters. The molecule has 0 spiro atoms. The first-order valence-electron chi connectivity index (χ1n) is 6.99. The molecule has 0 aliphatic heterocycles. The van der Waals surface area contributed by atoms with Crippen LogP contribution >= 0.6 is 0 Å². The molecule has 5 nitrogen and oxygen atoms in total. The Morgan fingerprint density at radius 2 is 1.90 bits per heavy atom. The van der Waals surface area contributed by atoms with E-state index in [9.17, 15) is 13.5 Å². The van der Waals surface area contributed by atoms with Crippen LogP contribution in [0.5, 0.6) is 0 Å². The van der Waals surface area contributed by atoms with Crippen LogP contribution in [-0.2, 0) is 15.8 Å². The van der Waals surface area contributed by atoms with Crippen LogP contribution in [0, 0.1) is 0 Å². The van der Waals surface area contributed by atoms with E-state index in [0.717, 1.165) is 19.3 Å². The van der Waals surface area contributed by atoms with Gasteiger partial charge in [0, 0.05) is 11.7 Å². The van der Waals surface area contributed by atoms with Gasteiger partial charge in [0.2, 0.25) is 10.0 Å². The second kappa shape index (κ2) is 6.56. The third kappa shape index (κ3) is 4.19. The van der Waals surface area contributed by atoms with Gasteiger partial charge in [0.15, 0.2) is 0 Å². The molecule has 1 aromatic rings. The van der Waals surface area contributed by atoms with Crippen molar-refractivity contribution in [3.05, 3.63) is 29.8 Å². The molecule has 20 heavy (non-hydrogen) atoms. The predicted octanol–water partition coefficient (Wildman–Crippen LogP) is 1.38. The summed E-state index contributed by atoms with van der Waals surface area (Å²) in [4.78, 5) is 0. The number of hydrogen-bond donors (Lipinski definition) is 3. The van der Waals surface area contributed by atoms with E-state index in [1.54, 1.807) is 24.3 Å². The molecule has 112 valence electrons. The highest BCUT2D eigenvalue weighted by Crippen LogP contribution is 2.20. The predicted molar refractivity (Wildman–Crippen MR) is 79.5 cm³/mol. The highest BCUT2D eigenvalue weighted by molar-refractivity contribution is 7.88. The van der Waals surface area contributed by atoms with Crippen molar-refractivity contribution in [2.75, 3.05) is 5.73 Å². The van der Waals surface area contributed by atoms with Gasteiger partial charge >= 0.3 is 0 Å². The summed E-state index contributed by atoms with van der Waals surface area (Å²) >= 11 is 0. The number of sulfonamides is 1. The zero-order chi connectivity index (χ0) is 14.6. The summed E-state index contributed by atoms with van der Waals surface area (Å²) in [6.07, 6.45) is 3.68. The first kappa shape index (κ1) is 15.3. The summed E-state index contributed by atoms with van der Waals surface area (Å²) in [5, 5.41) is 9.98. The van der Waals surface area contributed by atoms with Gasteiger partial charge in [-0.1, -0.05) is 37.5 Å². The van der Waals surface area contributed by atoms with Crippen molar-refractivity contribution in [3.63, 3.8) is 0 Å². The molecular weight excluding hydrogens is 276 g/mol. The molecule has 1 aromatic carbocycles. The maximum atomic E-state index is 12.2. The van der Waals surface area contributed by atoms with E-state index < -0.39 is 16.1 Å². The van der Waals surface area contributed by atoms with E-state index in [1.807, 2.05) is 0 Å². The van der Waals surface area contributed by atoms with E-state index in [0.29, 0.717) is 24.1 Å². The number of benzene rings is 1. The van der Waals surface area contributed by atoms with Crippen LogP contribution in [0.4, 0.5) is 5.69 Å². The number of nitrogen functional groups attached to an aromatic ring is 1. The van der Waals surface area contributed by atoms with Crippen LogP contribution in [0.15, 0.2) is 24.3 Å². The van der Waals surface area contributed by atoms with Gasteiger partial charge in [0.05, 0.1) is 11.9 Å². The van der Waals surface area contributed by atoms with Crippen molar-refractivity contribution >= 4 is 15.7 Å². The third-order valence-electron chi connectivity index (χ3n) is 3.71. The minimum Gasteiger partial charge on any atom is -0.398 e. The third-order valence-corrected chi connectivity index (χ3v) is 5.06. The maximum absolute atomic E-state index is 12.2. The molecule has 0 amide bonds. The summed E-state index contributed by atoms with van der Waals surface area (Å²) in [6.45, 7) is 0. The van der Waals surface area contributed by atoms with Crippen LogP contribution in [0.1, 0.15) is 37.7 Å². The smallest absolute Gasteiger partial charge is 0.216 e. The van der Waals surface area contributed by atoms with Gasteiger partial charge in [-0.05, 0) is 24.5 Å². The quantitative estimate of drug-likeness (QED) is 0.578. The highest BCUT2D eigenvalue weighted by atomic mass is 32.2. The fraction of sp³-hybridized carbons (Fsp3) is 0.571. The van der Waals surface area contributed by atoms with Crippen molar-refractivity contribution in [2.24, 2.45) is 0 Å². The maximum Gasteiger partial charge on any atom is 0.216 e. The highest BCUT2D eigenvalue weighted by Gasteiger charge is 2.26. The molecule has 4 N–H and O–H groups in total. The summed E-state index contributed by atoms with van der Waals surface area (Å²) in [6, 6.07) is 6.55. The van der Waals surface area contributed by atoms with Gasteiger partial charge in [-0.3, -0.25) is 0 Å². The average molecular weight is 298 g/mol. The van der Waals surface area contributed by atoms with Gasteiger partial charge in [-0.15, -0.1) is 0 Å². The molecule has 2 rings (SSSR count).